The van der Waals surface area contributed by atoms with Crippen LogP contribution >= 0.6 is 0 Å². The van der Waals surface area contributed by atoms with Gasteiger partial charge in [-0.05, 0) is 36.8 Å². The van der Waals surface area contributed by atoms with Gasteiger partial charge in [0.1, 0.15) is 0 Å². The highest BCUT2D eigenvalue weighted by atomic mass is 16.5. The molecule has 1 atom stereocenters. The van der Waals surface area contributed by atoms with Crippen molar-refractivity contribution in [2.75, 3.05) is 7.11 Å². The number of fused-ring (bicyclic) bond motifs is 1. The number of hydrogen-bond acceptors (Lipinski definition) is 4. The molecule has 4 nitrogen and oxygen atoms in total. The fraction of sp³-hybridized carbons (Fsp3) is 0.316. The lowest BCUT2D eigenvalue weighted by atomic mass is 9.72. The molecular formula is C19H18N2O2. The Bertz CT molecular complexity index is 795. The Labute approximate surface area is 135 Å². The van der Waals surface area contributed by atoms with Gasteiger partial charge >= 0.3 is 0 Å². The molecule has 0 aliphatic heterocycles. The van der Waals surface area contributed by atoms with Gasteiger partial charge in [-0.1, -0.05) is 30.3 Å². The summed E-state index contributed by atoms with van der Waals surface area (Å²) in [5.41, 5.74) is 3.91. The van der Waals surface area contributed by atoms with Crippen LogP contribution in [0.15, 0.2) is 42.7 Å². The van der Waals surface area contributed by atoms with Crippen LogP contribution in [0, 0.1) is 5.41 Å². The van der Waals surface area contributed by atoms with Gasteiger partial charge in [0.15, 0.2) is 5.78 Å². The van der Waals surface area contributed by atoms with E-state index in [-0.39, 0.29) is 5.41 Å². The van der Waals surface area contributed by atoms with Gasteiger partial charge in [0.25, 0.3) is 0 Å². The van der Waals surface area contributed by atoms with E-state index in [1.807, 2.05) is 18.2 Å². The number of rotatable bonds is 2. The smallest absolute Gasteiger partial charge is 0.232 e. The maximum absolute atomic E-state index is 12.8. The van der Waals surface area contributed by atoms with Gasteiger partial charge < -0.3 is 4.74 Å². The van der Waals surface area contributed by atoms with Crippen molar-refractivity contribution in [3.05, 3.63) is 59.6 Å². The first-order chi connectivity index (χ1) is 11.2. The molecule has 1 heterocycles. The molecule has 0 radical (unpaired) electrons. The molecule has 0 saturated heterocycles. The molecule has 0 amide bonds. The van der Waals surface area contributed by atoms with Crippen molar-refractivity contribution >= 4 is 11.4 Å². The maximum Gasteiger partial charge on any atom is 0.232 e. The summed E-state index contributed by atoms with van der Waals surface area (Å²) in [5, 5.41) is 0. The second-order valence-corrected chi connectivity index (χ2v) is 6.32. The highest BCUT2D eigenvalue weighted by molar-refractivity contribution is 6.05. The zero-order valence-corrected chi connectivity index (χ0v) is 13.1. The highest BCUT2D eigenvalue weighted by Crippen LogP contribution is 2.47. The van der Waals surface area contributed by atoms with E-state index >= 15 is 0 Å². The molecule has 0 saturated carbocycles. The number of Topliss-reactive ketones (excluding diaryl/α,β-unsaturated/α-hetero) is 1. The number of carbonyl (C=O) groups excluding carboxylic acids is 1. The van der Waals surface area contributed by atoms with Gasteiger partial charge in [-0.2, -0.15) is 0 Å². The van der Waals surface area contributed by atoms with E-state index in [9.17, 15) is 4.79 Å². The van der Waals surface area contributed by atoms with Crippen LogP contribution in [0.4, 0.5) is 0 Å². The third-order valence-electron chi connectivity index (χ3n) is 5.05. The van der Waals surface area contributed by atoms with Gasteiger partial charge in [0.2, 0.25) is 5.88 Å². The molecular weight excluding hydrogens is 288 g/mol. The number of aromatic nitrogens is 2. The van der Waals surface area contributed by atoms with Crippen molar-refractivity contribution in [3.63, 3.8) is 0 Å². The number of allylic oxidation sites excluding steroid dienone is 2. The number of carbonyl (C=O) groups is 1. The monoisotopic (exact) mass is 306 g/mol. The van der Waals surface area contributed by atoms with E-state index in [0.29, 0.717) is 11.7 Å². The quantitative estimate of drug-likeness (QED) is 0.852. The fourth-order valence-electron chi connectivity index (χ4n) is 3.71. The Morgan fingerprint density at radius 2 is 2.04 bits per heavy atom. The summed E-state index contributed by atoms with van der Waals surface area (Å²) in [6, 6.07) is 8.01. The number of ether oxygens (including phenoxy) is 1. The summed E-state index contributed by atoms with van der Waals surface area (Å²) in [6.07, 6.45) is 8.93. The highest BCUT2D eigenvalue weighted by Gasteiger charge is 2.45. The normalized spacial score (nSPS) is 22.8. The van der Waals surface area contributed by atoms with Gasteiger partial charge in [0, 0.05) is 11.0 Å². The van der Waals surface area contributed by atoms with Crippen molar-refractivity contribution in [2.24, 2.45) is 5.41 Å². The Morgan fingerprint density at radius 3 is 2.70 bits per heavy atom. The average molecular weight is 306 g/mol. The van der Waals surface area contributed by atoms with Gasteiger partial charge in [-0.15, -0.1) is 0 Å². The summed E-state index contributed by atoms with van der Waals surface area (Å²) in [4.78, 5) is 21.4. The number of benzene rings is 1. The molecule has 2 aromatic rings. The van der Waals surface area contributed by atoms with Crippen molar-refractivity contribution < 1.29 is 9.53 Å². The number of methoxy groups -OCH3 is 1. The average Bonchev–Trinajstić information content (AvgIpc) is 2.88. The van der Waals surface area contributed by atoms with Gasteiger partial charge in [-0.25, -0.2) is 9.97 Å². The third kappa shape index (κ3) is 2.25. The van der Waals surface area contributed by atoms with E-state index in [4.69, 9.17) is 4.74 Å². The molecule has 4 heteroatoms. The van der Waals surface area contributed by atoms with E-state index in [0.717, 1.165) is 36.9 Å². The third-order valence-corrected chi connectivity index (χ3v) is 5.05. The maximum atomic E-state index is 12.8. The van der Waals surface area contributed by atoms with Crippen LogP contribution in [0.5, 0.6) is 5.88 Å². The summed E-state index contributed by atoms with van der Waals surface area (Å²) in [6.45, 7) is 0. The van der Waals surface area contributed by atoms with Crippen LogP contribution < -0.4 is 4.74 Å². The van der Waals surface area contributed by atoms with E-state index < -0.39 is 0 Å². The van der Waals surface area contributed by atoms with Crippen molar-refractivity contribution in [3.8, 4) is 5.88 Å². The molecule has 2 aliphatic rings. The predicted octanol–water partition coefficient (Wildman–Crippen LogP) is 3.48. The number of nitrogens with zero attached hydrogens (tertiary/aromatic N) is 2. The molecule has 4 rings (SSSR count). The zero-order valence-electron chi connectivity index (χ0n) is 13.1. The largest absolute Gasteiger partial charge is 0.480 e. The molecule has 0 fully saturated rings. The van der Waals surface area contributed by atoms with Crippen LogP contribution in [0.25, 0.3) is 5.57 Å². The first-order valence-electron chi connectivity index (χ1n) is 7.90. The molecule has 116 valence electrons. The molecule has 23 heavy (non-hydrogen) atoms. The van der Waals surface area contributed by atoms with Crippen LogP contribution in [0.2, 0.25) is 0 Å². The Morgan fingerprint density at radius 1 is 1.17 bits per heavy atom. The minimum Gasteiger partial charge on any atom is -0.480 e. The standard InChI is InChI=1S/C19H18N2O2/c1-23-17-12-20-16(11-21-17)13-6-8-19(9-7-13)10-14-4-2-3-5-15(14)18(19)22/h2-6,11-12H,7-10H2,1H3. The van der Waals surface area contributed by atoms with Crippen molar-refractivity contribution in [1.82, 2.24) is 9.97 Å². The van der Waals surface area contributed by atoms with E-state index in [2.05, 4.69) is 22.1 Å². The molecule has 1 aromatic heterocycles. The molecule has 1 aromatic carbocycles. The summed E-state index contributed by atoms with van der Waals surface area (Å²) < 4.78 is 5.04. The SMILES string of the molecule is COc1cnc(C2=CCC3(CC2)Cc2ccccc2C3=O)cn1. The lowest BCUT2D eigenvalue weighted by molar-refractivity contribution is 0.0805. The van der Waals surface area contributed by atoms with E-state index in [1.54, 1.807) is 19.5 Å². The van der Waals surface area contributed by atoms with Crippen LogP contribution in [-0.4, -0.2) is 22.9 Å². The van der Waals surface area contributed by atoms with Crippen LogP contribution in [0.3, 0.4) is 0 Å². The minimum absolute atomic E-state index is 0.243. The first kappa shape index (κ1) is 14.1. The van der Waals surface area contributed by atoms with Crippen LogP contribution in [-0.2, 0) is 6.42 Å². The van der Waals surface area contributed by atoms with Gasteiger partial charge in [-0.3, -0.25) is 4.79 Å². The number of hydrogen-bond donors (Lipinski definition) is 0. The van der Waals surface area contributed by atoms with Crippen LogP contribution in [0.1, 0.15) is 40.9 Å². The minimum atomic E-state index is -0.243. The lowest BCUT2D eigenvalue weighted by Crippen LogP contribution is -2.29. The predicted molar refractivity (Wildman–Crippen MR) is 87.3 cm³/mol. The first-order valence-corrected chi connectivity index (χ1v) is 7.90. The Balaban J connectivity index is 1.59. The molecule has 0 N–H and O–H groups in total. The fourth-order valence-corrected chi connectivity index (χ4v) is 3.71. The van der Waals surface area contributed by atoms with Crippen molar-refractivity contribution in [2.45, 2.75) is 25.7 Å². The Kier molecular flexibility index (Phi) is 3.26. The lowest BCUT2D eigenvalue weighted by Gasteiger charge is -2.30. The molecule has 1 spiro atoms. The van der Waals surface area contributed by atoms with Crippen molar-refractivity contribution in [1.29, 1.82) is 0 Å². The number of ketones is 1. The topological polar surface area (TPSA) is 52.1 Å². The van der Waals surface area contributed by atoms with E-state index in [1.165, 1.54) is 11.1 Å². The zero-order chi connectivity index (χ0) is 15.9. The summed E-state index contributed by atoms with van der Waals surface area (Å²) in [5.74, 6) is 0.826. The second-order valence-electron chi connectivity index (χ2n) is 6.32. The molecule has 0 bridgehead atoms. The Hall–Kier alpha value is -2.49. The van der Waals surface area contributed by atoms with Gasteiger partial charge in [0.05, 0.1) is 25.2 Å². The molecule has 1 unspecified atom stereocenters. The second kappa shape index (κ2) is 5.30. The summed E-state index contributed by atoms with van der Waals surface area (Å²) >= 11 is 0. The summed E-state index contributed by atoms with van der Waals surface area (Å²) in [7, 11) is 1.58. The molecule has 2 aliphatic carbocycles.